The van der Waals surface area contributed by atoms with Gasteiger partial charge in [-0.2, -0.15) is 0 Å². The summed E-state index contributed by atoms with van der Waals surface area (Å²) in [6.07, 6.45) is 0. The Balaban J connectivity index is 2.88. The number of pyridine rings is 1. The third-order valence-electron chi connectivity index (χ3n) is 3.13. The van der Waals surface area contributed by atoms with Crippen LogP contribution in [0.4, 0.5) is 0 Å². The number of aromatic hydroxyl groups is 3. The van der Waals surface area contributed by atoms with Crippen molar-refractivity contribution < 1.29 is 20.4 Å². The summed E-state index contributed by atoms with van der Waals surface area (Å²) in [4.78, 5) is 11.9. The Hall–Kier alpha value is -2.47. The highest BCUT2D eigenvalue weighted by Gasteiger charge is 2.20. The fourth-order valence-corrected chi connectivity index (χ4v) is 2.16. The van der Waals surface area contributed by atoms with Crippen molar-refractivity contribution in [1.29, 1.82) is 0 Å². The van der Waals surface area contributed by atoms with Gasteiger partial charge in [0.2, 0.25) is 17.1 Å². The van der Waals surface area contributed by atoms with Crippen LogP contribution in [0.3, 0.4) is 0 Å². The van der Waals surface area contributed by atoms with Crippen molar-refractivity contribution >= 4 is 0 Å². The molecule has 0 radical (unpaired) electrons. The van der Waals surface area contributed by atoms with E-state index in [4.69, 9.17) is 5.11 Å². The molecule has 4 N–H and O–H groups in total. The van der Waals surface area contributed by atoms with Gasteiger partial charge in [0, 0.05) is 17.7 Å². The number of benzene rings is 1. The first-order chi connectivity index (χ1) is 9.49. The molecule has 20 heavy (non-hydrogen) atoms. The zero-order valence-electron chi connectivity index (χ0n) is 10.9. The summed E-state index contributed by atoms with van der Waals surface area (Å²) < 4.78 is 1.20. The molecule has 0 aliphatic carbocycles. The molecule has 0 aliphatic heterocycles. The number of phenols is 1. The Morgan fingerprint density at radius 2 is 1.80 bits per heavy atom. The Morgan fingerprint density at radius 1 is 1.15 bits per heavy atom. The predicted octanol–water partition coefficient (Wildman–Crippen LogP) is 0.933. The molecule has 1 aromatic heterocycles. The minimum absolute atomic E-state index is 0.0236. The number of para-hydroxylation sites is 1. The number of phenolic OH excluding ortho intramolecular Hbond substituents is 1. The lowest BCUT2D eigenvalue weighted by Crippen LogP contribution is -2.16. The van der Waals surface area contributed by atoms with E-state index >= 15 is 0 Å². The van der Waals surface area contributed by atoms with Crippen LogP contribution in [0.1, 0.15) is 5.56 Å². The zero-order chi connectivity index (χ0) is 14.9. The van der Waals surface area contributed by atoms with Crippen molar-refractivity contribution in [1.82, 2.24) is 4.57 Å². The molecule has 0 saturated heterocycles. The minimum atomic E-state index is -0.768. The lowest BCUT2D eigenvalue weighted by atomic mass is 10.0. The van der Waals surface area contributed by atoms with Gasteiger partial charge in [-0.05, 0) is 19.1 Å². The Morgan fingerprint density at radius 3 is 2.40 bits per heavy atom. The molecule has 1 heterocycles. The standard InChI is InChI=1S/C14H15NO5/c1-8-11(9-4-2-3-5-10(9)17)15(6-7-16)14(20)13(19)12(8)18/h2-5,16-17,19-20H,6-7H2,1H3. The van der Waals surface area contributed by atoms with Gasteiger partial charge in [0.05, 0.1) is 12.3 Å². The van der Waals surface area contributed by atoms with Gasteiger partial charge < -0.3 is 25.0 Å². The molecule has 106 valence electrons. The van der Waals surface area contributed by atoms with E-state index in [9.17, 15) is 20.1 Å². The van der Waals surface area contributed by atoms with Gasteiger partial charge >= 0.3 is 0 Å². The van der Waals surface area contributed by atoms with Crippen LogP contribution in [-0.2, 0) is 6.54 Å². The Bertz CT molecular complexity index is 705. The second-order valence-electron chi connectivity index (χ2n) is 4.37. The summed E-state index contributed by atoms with van der Waals surface area (Å²) in [5.41, 5.74) is 0.0634. The summed E-state index contributed by atoms with van der Waals surface area (Å²) in [5, 5.41) is 38.5. The van der Waals surface area contributed by atoms with Gasteiger partial charge in [0.15, 0.2) is 0 Å². The molecular weight excluding hydrogens is 262 g/mol. The SMILES string of the molecule is Cc1c(-c2ccccc2O)n(CCO)c(O)c(O)c1=O. The predicted molar refractivity (Wildman–Crippen MR) is 73.0 cm³/mol. The van der Waals surface area contributed by atoms with Gasteiger partial charge in [0.1, 0.15) is 5.75 Å². The smallest absolute Gasteiger partial charge is 0.239 e. The minimum Gasteiger partial charge on any atom is -0.507 e. The maximum absolute atomic E-state index is 11.9. The molecule has 0 aliphatic rings. The maximum atomic E-state index is 11.9. The monoisotopic (exact) mass is 277 g/mol. The van der Waals surface area contributed by atoms with Crippen molar-refractivity contribution in [3.05, 3.63) is 40.1 Å². The van der Waals surface area contributed by atoms with E-state index in [1.165, 1.54) is 17.6 Å². The summed E-state index contributed by atoms with van der Waals surface area (Å²) in [7, 11) is 0. The van der Waals surface area contributed by atoms with Crippen LogP contribution in [0.5, 0.6) is 17.4 Å². The lowest BCUT2D eigenvalue weighted by Gasteiger charge is -2.18. The van der Waals surface area contributed by atoms with E-state index in [2.05, 4.69) is 0 Å². The molecule has 2 aromatic rings. The second kappa shape index (κ2) is 5.26. The van der Waals surface area contributed by atoms with Crippen LogP contribution in [0, 0.1) is 6.92 Å². The van der Waals surface area contributed by atoms with E-state index in [0.717, 1.165) is 0 Å². The first-order valence-electron chi connectivity index (χ1n) is 6.03. The highest BCUT2D eigenvalue weighted by molar-refractivity contribution is 5.71. The molecule has 6 heteroatoms. The number of aromatic nitrogens is 1. The first kappa shape index (κ1) is 14.0. The van der Waals surface area contributed by atoms with Gasteiger partial charge in [-0.15, -0.1) is 0 Å². The van der Waals surface area contributed by atoms with Crippen molar-refractivity contribution in [3.63, 3.8) is 0 Å². The van der Waals surface area contributed by atoms with E-state index in [1.54, 1.807) is 18.2 Å². The van der Waals surface area contributed by atoms with Crippen LogP contribution in [-0.4, -0.2) is 31.6 Å². The molecule has 0 fully saturated rings. The van der Waals surface area contributed by atoms with E-state index in [-0.39, 0.29) is 30.2 Å². The summed E-state index contributed by atoms with van der Waals surface area (Å²) >= 11 is 0. The maximum Gasteiger partial charge on any atom is 0.239 e. The number of aliphatic hydroxyl groups excluding tert-OH is 1. The Kier molecular flexibility index (Phi) is 3.67. The molecule has 0 unspecified atom stereocenters. The molecular formula is C14H15NO5. The fraction of sp³-hybridized carbons (Fsp3) is 0.214. The van der Waals surface area contributed by atoms with Gasteiger partial charge in [-0.1, -0.05) is 12.1 Å². The number of hydrogen-bond acceptors (Lipinski definition) is 5. The van der Waals surface area contributed by atoms with Crippen LogP contribution in [0.25, 0.3) is 11.3 Å². The topological polar surface area (TPSA) is 103 Å². The molecule has 1 aromatic carbocycles. The average molecular weight is 277 g/mol. The number of hydrogen-bond donors (Lipinski definition) is 4. The van der Waals surface area contributed by atoms with Gasteiger partial charge in [-0.25, -0.2) is 0 Å². The molecule has 0 saturated carbocycles. The quantitative estimate of drug-likeness (QED) is 0.668. The van der Waals surface area contributed by atoms with Crippen LogP contribution < -0.4 is 5.43 Å². The summed E-state index contributed by atoms with van der Waals surface area (Å²) in [6.45, 7) is 1.16. The normalized spacial score (nSPS) is 10.7. The summed E-state index contributed by atoms with van der Waals surface area (Å²) in [5.74, 6) is -1.46. The largest absolute Gasteiger partial charge is 0.507 e. The van der Waals surface area contributed by atoms with Crippen molar-refractivity contribution in [3.8, 4) is 28.6 Å². The van der Waals surface area contributed by atoms with Gasteiger partial charge in [0.25, 0.3) is 0 Å². The van der Waals surface area contributed by atoms with Crippen LogP contribution in [0.15, 0.2) is 29.1 Å². The van der Waals surface area contributed by atoms with Crippen LogP contribution >= 0.6 is 0 Å². The summed E-state index contributed by atoms with van der Waals surface area (Å²) in [6, 6.07) is 6.34. The highest BCUT2D eigenvalue weighted by atomic mass is 16.3. The van der Waals surface area contributed by atoms with E-state index in [1.807, 2.05) is 0 Å². The third kappa shape index (κ3) is 2.10. The molecule has 0 spiro atoms. The fourth-order valence-electron chi connectivity index (χ4n) is 2.16. The molecule has 2 rings (SSSR count). The van der Waals surface area contributed by atoms with Crippen molar-refractivity contribution in [2.24, 2.45) is 0 Å². The van der Waals surface area contributed by atoms with Crippen molar-refractivity contribution in [2.75, 3.05) is 6.61 Å². The molecule has 0 amide bonds. The average Bonchev–Trinajstić information content (AvgIpc) is 2.44. The Labute approximate surface area is 114 Å². The number of nitrogens with zero attached hydrogens (tertiary/aromatic N) is 1. The van der Waals surface area contributed by atoms with Gasteiger partial charge in [-0.3, -0.25) is 4.79 Å². The number of rotatable bonds is 3. The van der Waals surface area contributed by atoms with E-state index in [0.29, 0.717) is 5.56 Å². The third-order valence-corrected chi connectivity index (χ3v) is 3.13. The van der Waals surface area contributed by atoms with E-state index < -0.39 is 17.1 Å². The number of aliphatic hydroxyl groups is 1. The molecule has 6 nitrogen and oxygen atoms in total. The highest BCUT2D eigenvalue weighted by Crippen LogP contribution is 2.34. The van der Waals surface area contributed by atoms with Crippen LogP contribution in [0.2, 0.25) is 0 Å². The first-order valence-corrected chi connectivity index (χ1v) is 6.03. The zero-order valence-corrected chi connectivity index (χ0v) is 10.9. The lowest BCUT2D eigenvalue weighted by molar-refractivity contribution is 0.263. The van der Waals surface area contributed by atoms with Crippen molar-refractivity contribution in [2.45, 2.75) is 13.5 Å². The molecule has 0 atom stereocenters. The molecule has 0 bridgehead atoms. The second-order valence-corrected chi connectivity index (χ2v) is 4.37.